The summed E-state index contributed by atoms with van der Waals surface area (Å²) in [4.78, 5) is 14.0. The van der Waals surface area contributed by atoms with Crippen molar-refractivity contribution in [3.63, 3.8) is 0 Å². The fourth-order valence-corrected chi connectivity index (χ4v) is 2.85. The van der Waals surface area contributed by atoms with E-state index in [-0.39, 0.29) is 5.92 Å². The molecule has 6 nitrogen and oxygen atoms in total. The van der Waals surface area contributed by atoms with E-state index in [1.165, 1.54) is 0 Å². The molecule has 0 unspecified atom stereocenters. The van der Waals surface area contributed by atoms with Crippen molar-refractivity contribution in [3.05, 3.63) is 60.4 Å². The van der Waals surface area contributed by atoms with Gasteiger partial charge in [0.2, 0.25) is 0 Å². The molecule has 1 aromatic carbocycles. The van der Waals surface area contributed by atoms with Crippen LogP contribution in [-0.4, -0.2) is 26.6 Å². The summed E-state index contributed by atoms with van der Waals surface area (Å²) in [5.74, 6) is 2.53. The molecule has 3 heterocycles. The topological polar surface area (TPSA) is 66.0 Å². The number of ether oxygens (including phenoxy) is 1. The Morgan fingerprint density at radius 2 is 1.92 bits per heavy atom. The highest BCUT2D eigenvalue weighted by atomic mass is 16.5. The van der Waals surface area contributed by atoms with Gasteiger partial charge in [0.05, 0.1) is 26.2 Å². The Morgan fingerprint density at radius 3 is 2.58 bits per heavy atom. The number of hydrogen-bond acceptors (Lipinski definition) is 5. The molecule has 0 spiro atoms. The van der Waals surface area contributed by atoms with Gasteiger partial charge in [-0.1, -0.05) is 26.0 Å². The maximum absolute atomic E-state index is 5.56. The van der Waals surface area contributed by atoms with E-state index < -0.39 is 0 Å². The first-order valence-corrected chi connectivity index (χ1v) is 8.55. The minimum Gasteiger partial charge on any atom is -0.497 e. The van der Waals surface area contributed by atoms with Crippen LogP contribution in [0.1, 0.15) is 31.2 Å². The zero-order valence-electron chi connectivity index (χ0n) is 15.0. The fourth-order valence-electron chi connectivity index (χ4n) is 2.85. The molecule has 0 aliphatic heterocycles. The van der Waals surface area contributed by atoms with E-state index in [4.69, 9.17) is 14.1 Å². The molecule has 0 amide bonds. The van der Waals surface area contributed by atoms with Crippen LogP contribution in [0.3, 0.4) is 0 Å². The number of hydrogen-bond donors (Lipinski definition) is 0. The minimum absolute atomic E-state index is 0.206. The number of methoxy groups -OCH3 is 1. The SMILES string of the molecule is COc1ccc(Cn2cnc3c(-c4ccco4)nc(C(C)C)nc32)cc1. The number of nitrogens with zero attached hydrogens (tertiary/aromatic N) is 4. The zero-order chi connectivity index (χ0) is 18.1. The molecule has 0 aliphatic carbocycles. The third-order valence-corrected chi connectivity index (χ3v) is 4.26. The molecule has 6 heteroatoms. The maximum atomic E-state index is 5.56. The van der Waals surface area contributed by atoms with E-state index in [0.29, 0.717) is 12.3 Å². The van der Waals surface area contributed by atoms with Crippen molar-refractivity contribution in [1.82, 2.24) is 19.5 Å². The zero-order valence-corrected chi connectivity index (χ0v) is 15.0. The van der Waals surface area contributed by atoms with Gasteiger partial charge in [0, 0.05) is 5.92 Å². The Labute approximate surface area is 151 Å². The average Bonchev–Trinajstić information content (AvgIpc) is 3.32. The Bertz CT molecular complexity index is 1020. The molecule has 0 radical (unpaired) electrons. The van der Waals surface area contributed by atoms with Crippen LogP contribution >= 0.6 is 0 Å². The first-order valence-electron chi connectivity index (χ1n) is 8.55. The molecule has 26 heavy (non-hydrogen) atoms. The lowest BCUT2D eigenvalue weighted by atomic mass is 10.2. The van der Waals surface area contributed by atoms with Gasteiger partial charge >= 0.3 is 0 Å². The molecule has 132 valence electrons. The standard InChI is InChI=1S/C20H20N4O2/c1-13(2)19-22-17(16-5-4-10-26-16)18-20(23-19)24(12-21-18)11-14-6-8-15(25-3)9-7-14/h4-10,12-13H,11H2,1-3H3. The summed E-state index contributed by atoms with van der Waals surface area (Å²) >= 11 is 0. The predicted octanol–water partition coefficient (Wildman–Crippen LogP) is 4.27. The molecule has 0 fully saturated rings. The average molecular weight is 348 g/mol. The molecule has 4 aromatic rings. The van der Waals surface area contributed by atoms with E-state index in [2.05, 4.69) is 23.8 Å². The first-order chi connectivity index (χ1) is 12.7. The molecular weight excluding hydrogens is 328 g/mol. The van der Waals surface area contributed by atoms with Gasteiger partial charge in [0.15, 0.2) is 11.4 Å². The Morgan fingerprint density at radius 1 is 1.12 bits per heavy atom. The van der Waals surface area contributed by atoms with Crippen molar-refractivity contribution in [2.75, 3.05) is 7.11 Å². The van der Waals surface area contributed by atoms with Crippen LogP contribution < -0.4 is 4.74 Å². The minimum atomic E-state index is 0.206. The van der Waals surface area contributed by atoms with Crippen LogP contribution in [0.4, 0.5) is 0 Å². The van der Waals surface area contributed by atoms with Crippen molar-refractivity contribution < 1.29 is 9.15 Å². The lowest BCUT2D eigenvalue weighted by Crippen LogP contribution is -2.04. The van der Waals surface area contributed by atoms with Crippen LogP contribution in [0.2, 0.25) is 0 Å². The van der Waals surface area contributed by atoms with Crippen LogP contribution in [0.5, 0.6) is 5.75 Å². The molecule has 0 saturated carbocycles. The lowest BCUT2D eigenvalue weighted by Gasteiger charge is -2.09. The normalized spacial score (nSPS) is 11.4. The number of fused-ring (bicyclic) bond motifs is 1. The van der Waals surface area contributed by atoms with Crippen LogP contribution in [0, 0.1) is 0 Å². The van der Waals surface area contributed by atoms with Gasteiger partial charge in [-0.25, -0.2) is 15.0 Å². The third-order valence-electron chi connectivity index (χ3n) is 4.26. The second kappa shape index (κ2) is 6.63. The Hall–Kier alpha value is -3.15. The van der Waals surface area contributed by atoms with Crippen molar-refractivity contribution in [2.45, 2.75) is 26.3 Å². The van der Waals surface area contributed by atoms with E-state index in [9.17, 15) is 0 Å². The van der Waals surface area contributed by atoms with Crippen molar-refractivity contribution in [2.24, 2.45) is 0 Å². The Balaban J connectivity index is 1.80. The van der Waals surface area contributed by atoms with Crippen molar-refractivity contribution >= 4 is 11.2 Å². The predicted molar refractivity (Wildman–Crippen MR) is 99.2 cm³/mol. The molecule has 0 bridgehead atoms. The monoisotopic (exact) mass is 348 g/mol. The molecule has 4 rings (SSSR count). The van der Waals surface area contributed by atoms with Gasteiger partial charge < -0.3 is 13.7 Å². The highest BCUT2D eigenvalue weighted by molar-refractivity contribution is 5.85. The summed E-state index contributed by atoms with van der Waals surface area (Å²) in [6.45, 7) is 4.83. The number of imidazole rings is 1. The fraction of sp³-hybridized carbons (Fsp3) is 0.250. The summed E-state index contributed by atoms with van der Waals surface area (Å²) in [5.41, 5.74) is 3.44. The number of benzene rings is 1. The Kier molecular flexibility index (Phi) is 4.16. The smallest absolute Gasteiger partial charge is 0.164 e. The number of rotatable bonds is 5. The van der Waals surface area contributed by atoms with Gasteiger partial charge in [-0.05, 0) is 29.8 Å². The molecule has 3 aromatic heterocycles. The summed E-state index contributed by atoms with van der Waals surface area (Å²) in [5, 5.41) is 0. The van der Waals surface area contributed by atoms with Crippen LogP contribution in [-0.2, 0) is 6.54 Å². The number of furan rings is 1. The number of aromatic nitrogens is 4. The van der Waals surface area contributed by atoms with Gasteiger partial charge in [-0.2, -0.15) is 0 Å². The highest BCUT2D eigenvalue weighted by Gasteiger charge is 2.18. The maximum Gasteiger partial charge on any atom is 0.164 e. The molecule has 0 N–H and O–H groups in total. The molecule has 0 aliphatic rings. The summed E-state index contributed by atoms with van der Waals surface area (Å²) < 4.78 is 12.8. The van der Waals surface area contributed by atoms with Crippen LogP contribution in [0.25, 0.3) is 22.6 Å². The van der Waals surface area contributed by atoms with Crippen molar-refractivity contribution in [1.29, 1.82) is 0 Å². The second-order valence-corrected chi connectivity index (χ2v) is 6.46. The first kappa shape index (κ1) is 16.3. The van der Waals surface area contributed by atoms with E-state index in [1.807, 2.05) is 41.0 Å². The quantitative estimate of drug-likeness (QED) is 0.539. The van der Waals surface area contributed by atoms with Crippen molar-refractivity contribution in [3.8, 4) is 17.2 Å². The molecule has 0 saturated heterocycles. The van der Waals surface area contributed by atoms with Gasteiger partial charge in [0.25, 0.3) is 0 Å². The van der Waals surface area contributed by atoms with E-state index >= 15 is 0 Å². The second-order valence-electron chi connectivity index (χ2n) is 6.46. The third kappa shape index (κ3) is 2.94. The van der Waals surface area contributed by atoms with Gasteiger partial charge in [-0.15, -0.1) is 0 Å². The summed E-state index contributed by atoms with van der Waals surface area (Å²) in [7, 11) is 1.67. The highest BCUT2D eigenvalue weighted by Crippen LogP contribution is 2.27. The summed E-state index contributed by atoms with van der Waals surface area (Å²) in [6.07, 6.45) is 3.45. The van der Waals surface area contributed by atoms with Gasteiger partial charge in [-0.3, -0.25) is 0 Å². The van der Waals surface area contributed by atoms with E-state index in [0.717, 1.165) is 34.0 Å². The largest absolute Gasteiger partial charge is 0.497 e. The van der Waals surface area contributed by atoms with Gasteiger partial charge in [0.1, 0.15) is 22.8 Å². The summed E-state index contributed by atoms with van der Waals surface area (Å²) in [6, 6.07) is 11.8. The molecular formula is C20H20N4O2. The van der Waals surface area contributed by atoms with Crippen LogP contribution in [0.15, 0.2) is 53.4 Å². The molecule has 0 atom stereocenters. The lowest BCUT2D eigenvalue weighted by molar-refractivity contribution is 0.414. The van der Waals surface area contributed by atoms with E-state index in [1.54, 1.807) is 19.7 Å².